The lowest BCUT2D eigenvalue weighted by atomic mass is 9.58. The fourth-order valence-corrected chi connectivity index (χ4v) is 3.60. The molecule has 2 bridgehead atoms. The molecule has 4 atom stereocenters. The van der Waals surface area contributed by atoms with E-state index in [1.807, 2.05) is 0 Å². The molecule has 0 aromatic rings. The zero-order valence-corrected chi connectivity index (χ0v) is 11.5. The summed E-state index contributed by atoms with van der Waals surface area (Å²) in [7, 11) is 0. The topological polar surface area (TPSA) is 18.5 Å². The van der Waals surface area contributed by atoms with Crippen molar-refractivity contribution in [3.63, 3.8) is 0 Å². The largest absolute Gasteiger partial charge is 0.373 e. The van der Waals surface area contributed by atoms with Crippen molar-refractivity contribution in [3.8, 4) is 0 Å². The zero-order chi connectivity index (χ0) is 12.1. The summed E-state index contributed by atoms with van der Waals surface area (Å²) in [4.78, 5) is 0. The Hall–Kier alpha value is -0.0800. The predicted molar refractivity (Wildman–Crippen MR) is 65.4 cm³/mol. The Morgan fingerprint density at radius 2 is 1.00 bits per heavy atom. The van der Waals surface area contributed by atoms with Crippen molar-refractivity contribution in [1.82, 2.24) is 0 Å². The summed E-state index contributed by atoms with van der Waals surface area (Å²) in [5, 5.41) is 0. The molecule has 0 radical (unpaired) electrons. The molecule has 2 nitrogen and oxygen atoms in total. The van der Waals surface area contributed by atoms with E-state index >= 15 is 0 Å². The molecule has 0 aromatic carbocycles. The van der Waals surface area contributed by atoms with Crippen LogP contribution < -0.4 is 0 Å². The first-order chi connectivity index (χ1) is 7.21. The molecule has 94 valence electrons. The summed E-state index contributed by atoms with van der Waals surface area (Å²) in [5.74, 6) is 1.22. The molecule has 3 aliphatic heterocycles. The van der Waals surface area contributed by atoms with E-state index < -0.39 is 0 Å². The Kier molecular flexibility index (Phi) is 2.87. The van der Waals surface area contributed by atoms with Crippen LogP contribution in [0.2, 0.25) is 0 Å². The minimum atomic E-state index is 0.297. The molecule has 0 amide bonds. The van der Waals surface area contributed by atoms with Gasteiger partial charge in [-0.1, -0.05) is 41.5 Å². The fraction of sp³-hybridized carbons (Fsp3) is 1.00. The van der Waals surface area contributed by atoms with Crippen LogP contribution in [0.1, 0.15) is 41.5 Å². The van der Waals surface area contributed by atoms with Gasteiger partial charge in [0.1, 0.15) is 0 Å². The van der Waals surface area contributed by atoms with E-state index in [9.17, 15) is 0 Å². The molecule has 2 heteroatoms. The van der Waals surface area contributed by atoms with Gasteiger partial charge in [0.05, 0.1) is 25.4 Å². The smallest absolute Gasteiger partial charge is 0.0846 e. The van der Waals surface area contributed by atoms with Gasteiger partial charge in [0.25, 0.3) is 0 Å². The van der Waals surface area contributed by atoms with Gasteiger partial charge < -0.3 is 9.47 Å². The molecule has 3 aliphatic rings. The van der Waals surface area contributed by atoms with Crippen LogP contribution in [0.5, 0.6) is 0 Å². The van der Waals surface area contributed by atoms with Crippen LogP contribution in [-0.4, -0.2) is 25.4 Å². The minimum Gasteiger partial charge on any atom is -0.373 e. The lowest BCUT2D eigenvalue weighted by Gasteiger charge is -2.56. The summed E-state index contributed by atoms with van der Waals surface area (Å²) in [6, 6.07) is 0. The van der Waals surface area contributed by atoms with Gasteiger partial charge >= 0.3 is 0 Å². The van der Waals surface area contributed by atoms with E-state index in [1.165, 1.54) is 0 Å². The molecule has 3 fully saturated rings. The van der Waals surface area contributed by atoms with E-state index in [1.54, 1.807) is 0 Å². The Morgan fingerprint density at radius 1 is 0.688 bits per heavy atom. The third kappa shape index (κ3) is 2.02. The molecule has 16 heavy (non-hydrogen) atoms. The van der Waals surface area contributed by atoms with Gasteiger partial charge in [-0.2, -0.15) is 0 Å². The van der Waals surface area contributed by atoms with Crippen LogP contribution in [0, 0.1) is 22.7 Å². The highest BCUT2D eigenvalue weighted by Gasteiger charge is 2.53. The maximum absolute atomic E-state index is 5.92. The SMILES string of the molecule is CC(C)(C)C1C2COC(CO2)C1C(C)(C)C. The fourth-order valence-electron chi connectivity index (χ4n) is 3.60. The summed E-state index contributed by atoms with van der Waals surface area (Å²) in [6.45, 7) is 15.6. The second kappa shape index (κ2) is 3.71. The van der Waals surface area contributed by atoms with Gasteiger partial charge in [-0.3, -0.25) is 0 Å². The van der Waals surface area contributed by atoms with Gasteiger partial charge in [-0.05, 0) is 22.7 Å². The third-order valence-electron chi connectivity index (χ3n) is 4.14. The van der Waals surface area contributed by atoms with Crippen LogP contribution in [0.3, 0.4) is 0 Å². The van der Waals surface area contributed by atoms with Crippen molar-refractivity contribution in [2.24, 2.45) is 22.7 Å². The molecule has 0 aliphatic carbocycles. The lowest BCUT2D eigenvalue weighted by molar-refractivity contribution is -0.264. The number of hydrogen-bond donors (Lipinski definition) is 0. The first-order valence-electron chi connectivity index (χ1n) is 6.44. The summed E-state index contributed by atoms with van der Waals surface area (Å²) < 4.78 is 11.8. The van der Waals surface area contributed by atoms with Crippen molar-refractivity contribution in [3.05, 3.63) is 0 Å². The molecule has 4 unspecified atom stereocenters. The van der Waals surface area contributed by atoms with Crippen LogP contribution in [0.25, 0.3) is 0 Å². The normalized spacial score (nSPS) is 40.1. The molecule has 3 heterocycles. The maximum Gasteiger partial charge on any atom is 0.0846 e. The molecular weight excluding hydrogens is 200 g/mol. The second-order valence-corrected chi connectivity index (χ2v) is 7.53. The Labute approximate surface area is 99.7 Å². The van der Waals surface area contributed by atoms with E-state index in [2.05, 4.69) is 41.5 Å². The average Bonchev–Trinajstić information content (AvgIpc) is 2.15. The van der Waals surface area contributed by atoms with Crippen molar-refractivity contribution in [2.45, 2.75) is 53.8 Å². The zero-order valence-electron chi connectivity index (χ0n) is 11.5. The molecule has 0 N–H and O–H groups in total. The van der Waals surface area contributed by atoms with Gasteiger partial charge in [0.15, 0.2) is 0 Å². The monoisotopic (exact) mass is 226 g/mol. The molecule has 3 saturated heterocycles. The van der Waals surface area contributed by atoms with Crippen LogP contribution >= 0.6 is 0 Å². The van der Waals surface area contributed by atoms with E-state index in [-0.39, 0.29) is 0 Å². The third-order valence-corrected chi connectivity index (χ3v) is 4.14. The van der Waals surface area contributed by atoms with Crippen molar-refractivity contribution in [2.75, 3.05) is 13.2 Å². The number of hydrogen-bond acceptors (Lipinski definition) is 2. The molecule has 0 spiro atoms. The number of rotatable bonds is 0. The van der Waals surface area contributed by atoms with Gasteiger partial charge in [-0.15, -0.1) is 0 Å². The van der Waals surface area contributed by atoms with E-state index in [0.29, 0.717) is 34.9 Å². The highest BCUT2D eigenvalue weighted by molar-refractivity contribution is 5.00. The van der Waals surface area contributed by atoms with Crippen molar-refractivity contribution in [1.29, 1.82) is 0 Å². The number of ether oxygens (including phenoxy) is 2. The Balaban J connectivity index is 2.32. The quantitative estimate of drug-likeness (QED) is 0.632. The lowest BCUT2D eigenvalue weighted by Crippen LogP contribution is -2.61. The highest BCUT2D eigenvalue weighted by Crippen LogP contribution is 2.51. The Bertz CT molecular complexity index is 223. The van der Waals surface area contributed by atoms with Crippen molar-refractivity contribution >= 4 is 0 Å². The van der Waals surface area contributed by atoms with Crippen LogP contribution in [0.15, 0.2) is 0 Å². The van der Waals surface area contributed by atoms with Crippen LogP contribution in [0.4, 0.5) is 0 Å². The predicted octanol–water partition coefficient (Wildman–Crippen LogP) is 3.11. The standard InChI is InChI=1S/C14H26O2/c1-13(2,3)11-9-7-16-10(8-15-9)12(11)14(4,5)6/h9-12H,7-8H2,1-6H3. The molecular formula is C14H26O2. The van der Waals surface area contributed by atoms with Crippen molar-refractivity contribution < 1.29 is 9.47 Å². The second-order valence-electron chi connectivity index (χ2n) is 7.53. The molecule has 0 saturated carbocycles. The first kappa shape index (κ1) is 12.4. The maximum atomic E-state index is 5.92. The van der Waals surface area contributed by atoms with Gasteiger partial charge in [-0.25, -0.2) is 0 Å². The molecule has 3 rings (SSSR count). The summed E-state index contributed by atoms with van der Waals surface area (Å²) in [6.07, 6.45) is 0.600. The van der Waals surface area contributed by atoms with Crippen LogP contribution in [-0.2, 0) is 9.47 Å². The highest BCUT2D eigenvalue weighted by atomic mass is 16.6. The number of fused-ring (bicyclic) bond motifs is 3. The average molecular weight is 226 g/mol. The first-order valence-corrected chi connectivity index (χ1v) is 6.44. The summed E-state index contributed by atoms with van der Waals surface area (Å²) >= 11 is 0. The van der Waals surface area contributed by atoms with E-state index in [0.717, 1.165) is 13.2 Å². The van der Waals surface area contributed by atoms with E-state index in [4.69, 9.17) is 9.47 Å². The minimum absolute atomic E-state index is 0.297. The Morgan fingerprint density at radius 3 is 1.19 bits per heavy atom. The van der Waals surface area contributed by atoms with Gasteiger partial charge in [0, 0.05) is 0 Å². The summed E-state index contributed by atoms with van der Waals surface area (Å²) in [5.41, 5.74) is 0.593. The molecule has 0 aromatic heterocycles. The van der Waals surface area contributed by atoms with Gasteiger partial charge in [0.2, 0.25) is 0 Å².